The van der Waals surface area contributed by atoms with Crippen LogP contribution in [0.25, 0.3) is 0 Å². The van der Waals surface area contributed by atoms with Crippen LogP contribution in [0.3, 0.4) is 0 Å². The van der Waals surface area contributed by atoms with Crippen LogP contribution in [-0.4, -0.2) is 24.3 Å². The van der Waals surface area contributed by atoms with Gasteiger partial charge in [0.25, 0.3) is 0 Å². The molecule has 0 atom stereocenters. The number of nitrogens with one attached hydrogen (secondary N) is 1. The van der Waals surface area contributed by atoms with Gasteiger partial charge in [0.1, 0.15) is 6.61 Å². The van der Waals surface area contributed by atoms with E-state index in [-0.39, 0.29) is 11.6 Å². The third kappa shape index (κ3) is 2.84. The van der Waals surface area contributed by atoms with Crippen molar-refractivity contribution in [3.63, 3.8) is 0 Å². The van der Waals surface area contributed by atoms with Crippen molar-refractivity contribution in [1.82, 2.24) is 5.32 Å². The lowest BCUT2D eigenvalue weighted by Crippen LogP contribution is -2.45. The van der Waals surface area contributed by atoms with Crippen molar-refractivity contribution in [3.05, 3.63) is 0 Å². The van der Waals surface area contributed by atoms with Gasteiger partial charge in [-0.3, -0.25) is 0 Å². The molecule has 0 aromatic heterocycles. The van der Waals surface area contributed by atoms with Gasteiger partial charge < -0.3 is 15.8 Å². The van der Waals surface area contributed by atoms with E-state index in [0.29, 0.717) is 12.6 Å². The second kappa shape index (κ2) is 4.39. The van der Waals surface area contributed by atoms with E-state index in [9.17, 15) is 4.79 Å². The fourth-order valence-electron chi connectivity index (χ4n) is 2.19. The Labute approximate surface area is 90.5 Å². The van der Waals surface area contributed by atoms with E-state index in [1.54, 1.807) is 0 Å². The van der Waals surface area contributed by atoms with Gasteiger partial charge in [-0.15, -0.1) is 0 Å². The summed E-state index contributed by atoms with van der Waals surface area (Å²) in [6, 6.07) is 0.342. The molecule has 2 aliphatic rings. The van der Waals surface area contributed by atoms with Gasteiger partial charge in [-0.1, -0.05) is 12.8 Å². The fourth-order valence-corrected chi connectivity index (χ4v) is 2.19. The van der Waals surface area contributed by atoms with Crippen LogP contribution in [0.1, 0.15) is 44.9 Å². The molecule has 0 unspecified atom stereocenters. The smallest absolute Gasteiger partial charge is 0.407 e. The third-order valence-electron chi connectivity index (χ3n) is 3.52. The Hall–Kier alpha value is -0.770. The van der Waals surface area contributed by atoms with Gasteiger partial charge in [0.2, 0.25) is 0 Å². The highest BCUT2D eigenvalue weighted by Gasteiger charge is 2.31. The first kappa shape index (κ1) is 10.7. The molecule has 0 heterocycles. The van der Waals surface area contributed by atoms with Crippen molar-refractivity contribution in [3.8, 4) is 0 Å². The van der Waals surface area contributed by atoms with Crippen LogP contribution in [0.5, 0.6) is 0 Å². The van der Waals surface area contributed by atoms with Crippen molar-refractivity contribution in [2.45, 2.75) is 56.5 Å². The normalized spacial score (nSPS) is 24.6. The van der Waals surface area contributed by atoms with Gasteiger partial charge >= 0.3 is 6.09 Å². The number of rotatable bonds is 3. The van der Waals surface area contributed by atoms with E-state index >= 15 is 0 Å². The van der Waals surface area contributed by atoms with Crippen molar-refractivity contribution >= 4 is 6.09 Å². The molecule has 1 amide bonds. The minimum absolute atomic E-state index is 0.253. The second-order valence-corrected chi connectivity index (χ2v) is 4.92. The minimum atomic E-state index is -0.295. The minimum Gasteiger partial charge on any atom is -0.448 e. The topological polar surface area (TPSA) is 64.3 Å². The highest BCUT2D eigenvalue weighted by molar-refractivity contribution is 5.67. The van der Waals surface area contributed by atoms with Crippen LogP contribution < -0.4 is 11.1 Å². The van der Waals surface area contributed by atoms with Crippen LogP contribution in [0.4, 0.5) is 4.79 Å². The predicted octanol–water partition coefficient (Wildman–Crippen LogP) is 1.54. The molecule has 86 valence electrons. The Balaban J connectivity index is 1.65. The Morgan fingerprint density at radius 3 is 2.53 bits per heavy atom. The number of hydrogen-bond acceptors (Lipinski definition) is 3. The molecule has 4 nitrogen and oxygen atoms in total. The first-order chi connectivity index (χ1) is 7.18. The molecule has 0 aromatic rings. The lowest BCUT2D eigenvalue weighted by molar-refractivity contribution is 0.110. The van der Waals surface area contributed by atoms with E-state index in [1.807, 2.05) is 0 Å². The number of nitrogens with two attached hydrogens (primary N) is 1. The number of amides is 1. The molecule has 2 aliphatic carbocycles. The summed E-state index contributed by atoms with van der Waals surface area (Å²) in [7, 11) is 0. The zero-order valence-electron chi connectivity index (χ0n) is 9.13. The summed E-state index contributed by atoms with van der Waals surface area (Å²) >= 11 is 0. The third-order valence-corrected chi connectivity index (χ3v) is 3.52. The van der Waals surface area contributed by atoms with Crippen LogP contribution >= 0.6 is 0 Å². The summed E-state index contributed by atoms with van der Waals surface area (Å²) in [6.45, 7) is 0.367. The maximum Gasteiger partial charge on any atom is 0.407 e. The number of carbonyl (C=O) groups excluding carboxylic acids is 1. The maximum absolute atomic E-state index is 11.4. The maximum atomic E-state index is 11.4. The van der Waals surface area contributed by atoms with Crippen LogP contribution in [0.2, 0.25) is 0 Å². The summed E-state index contributed by atoms with van der Waals surface area (Å²) < 4.78 is 5.16. The SMILES string of the molecule is NC1(COC(=O)NC2CCC2)CCCC1. The van der Waals surface area contributed by atoms with Gasteiger partial charge in [-0.2, -0.15) is 0 Å². The summed E-state index contributed by atoms with van der Waals surface area (Å²) in [4.78, 5) is 11.4. The van der Waals surface area contributed by atoms with Crippen molar-refractivity contribution in [2.24, 2.45) is 5.73 Å². The Bertz CT molecular complexity index is 233. The van der Waals surface area contributed by atoms with E-state index in [2.05, 4.69) is 5.32 Å². The van der Waals surface area contributed by atoms with Crippen LogP contribution in [-0.2, 0) is 4.74 Å². The number of alkyl carbamates (subject to hydrolysis) is 1. The average molecular weight is 212 g/mol. The fraction of sp³-hybridized carbons (Fsp3) is 0.909. The number of hydrogen-bond donors (Lipinski definition) is 2. The standard InChI is InChI=1S/C11H20N2O2/c12-11(6-1-2-7-11)8-15-10(14)13-9-4-3-5-9/h9H,1-8,12H2,(H,13,14). The largest absolute Gasteiger partial charge is 0.448 e. The lowest BCUT2D eigenvalue weighted by atomic mass is 9.93. The highest BCUT2D eigenvalue weighted by Crippen LogP contribution is 2.27. The molecule has 0 spiro atoms. The highest BCUT2D eigenvalue weighted by atomic mass is 16.5. The molecule has 0 aliphatic heterocycles. The predicted molar refractivity (Wildman–Crippen MR) is 57.5 cm³/mol. The Kier molecular flexibility index (Phi) is 3.14. The average Bonchev–Trinajstić information content (AvgIpc) is 2.57. The molecule has 2 saturated carbocycles. The van der Waals surface area contributed by atoms with Gasteiger partial charge in [0, 0.05) is 6.04 Å². The number of carbonyl (C=O) groups is 1. The summed E-state index contributed by atoms with van der Waals surface area (Å²) in [5, 5.41) is 2.84. The first-order valence-corrected chi connectivity index (χ1v) is 5.90. The van der Waals surface area contributed by atoms with Crippen molar-refractivity contribution < 1.29 is 9.53 Å². The molecule has 4 heteroatoms. The second-order valence-electron chi connectivity index (χ2n) is 4.92. The quantitative estimate of drug-likeness (QED) is 0.745. The summed E-state index contributed by atoms with van der Waals surface area (Å²) in [5.74, 6) is 0. The van der Waals surface area contributed by atoms with Gasteiger partial charge in [-0.25, -0.2) is 4.79 Å². The van der Waals surface area contributed by atoms with E-state index in [1.165, 1.54) is 6.42 Å². The molecule has 2 fully saturated rings. The Morgan fingerprint density at radius 2 is 2.00 bits per heavy atom. The summed E-state index contributed by atoms with van der Waals surface area (Å²) in [6.07, 6.45) is 7.36. The molecule has 0 saturated heterocycles. The molecule has 2 rings (SSSR count). The zero-order valence-corrected chi connectivity index (χ0v) is 9.13. The van der Waals surface area contributed by atoms with Crippen molar-refractivity contribution in [1.29, 1.82) is 0 Å². The molecular weight excluding hydrogens is 192 g/mol. The molecule has 0 radical (unpaired) electrons. The number of ether oxygens (including phenoxy) is 1. The van der Waals surface area contributed by atoms with E-state index in [4.69, 9.17) is 10.5 Å². The lowest BCUT2D eigenvalue weighted by Gasteiger charge is -2.27. The van der Waals surface area contributed by atoms with E-state index in [0.717, 1.165) is 38.5 Å². The van der Waals surface area contributed by atoms with Gasteiger partial charge in [0.05, 0.1) is 5.54 Å². The van der Waals surface area contributed by atoms with Crippen LogP contribution in [0, 0.1) is 0 Å². The van der Waals surface area contributed by atoms with Crippen LogP contribution in [0.15, 0.2) is 0 Å². The molecular formula is C11H20N2O2. The van der Waals surface area contributed by atoms with Crippen molar-refractivity contribution in [2.75, 3.05) is 6.61 Å². The van der Waals surface area contributed by atoms with Gasteiger partial charge in [0.15, 0.2) is 0 Å². The monoisotopic (exact) mass is 212 g/mol. The molecule has 15 heavy (non-hydrogen) atoms. The van der Waals surface area contributed by atoms with Gasteiger partial charge in [-0.05, 0) is 32.1 Å². The molecule has 0 aromatic carbocycles. The zero-order chi connectivity index (χ0) is 10.7. The molecule has 0 bridgehead atoms. The Morgan fingerprint density at radius 1 is 1.33 bits per heavy atom. The first-order valence-electron chi connectivity index (χ1n) is 5.90. The molecule has 3 N–H and O–H groups in total. The summed E-state index contributed by atoms with van der Waals surface area (Å²) in [5.41, 5.74) is 5.83. The van der Waals surface area contributed by atoms with E-state index < -0.39 is 0 Å².